The van der Waals surface area contributed by atoms with Crippen LogP contribution in [0.4, 0.5) is 10.1 Å². The highest BCUT2D eigenvalue weighted by Crippen LogP contribution is 2.25. The van der Waals surface area contributed by atoms with Crippen molar-refractivity contribution in [1.82, 2.24) is 14.4 Å². The summed E-state index contributed by atoms with van der Waals surface area (Å²) in [5.74, 6) is -0.625. The minimum absolute atomic E-state index is 0.0208. The van der Waals surface area contributed by atoms with Crippen molar-refractivity contribution in [3.05, 3.63) is 137 Å². The predicted molar refractivity (Wildman–Crippen MR) is 160 cm³/mol. The van der Waals surface area contributed by atoms with Crippen molar-refractivity contribution in [3.8, 4) is 0 Å². The summed E-state index contributed by atoms with van der Waals surface area (Å²) in [4.78, 5) is 13.4. The van der Waals surface area contributed by atoms with Gasteiger partial charge in [0.2, 0.25) is 0 Å². The summed E-state index contributed by atoms with van der Waals surface area (Å²) in [5, 5.41) is 11.4. The zero-order chi connectivity index (χ0) is 28.3. The summed E-state index contributed by atoms with van der Waals surface area (Å²) in [6, 6.07) is 32.3. The van der Waals surface area contributed by atoms with Crippen molar-refractivity contribution in [2.24, 2.45) is 5.73 Å². The fourth-order valence-electron chi connectivity index (χ4n) is 5.04. The van der Waals surface area contributed by atoms with Crippen LogP contribution in [0.2, 0.25) is 0 Å². The van der Waals surface area contributed by atoms with Crippen molar-refractivity contribution < 1.29 is 9.18 Å². The molecule has 0 aliphatic rings. The molecule has 0 spiro atoms. The SMILES string of the molecule is C[N+](C)(Cc1ccccc1)c1ccc(CNC(=O)c2cc3cc(F)ccc3n2Cc2cccc(C(=N)N)c2)cc1. The fraction of sp³-hybridized carbons (Fsp3) is 0.152. The Bertz CT molecular complexity index is 1670. The Morgan fingerprint density at radius 2 is 1.60 bits per heavy atom. The van der Waals surface area contributed by atoms with Crippen molar-refractivity contribution in [2.45, 2.75) is 19.6 Å². The van der Waals surface area contributed by atoms with Crippen molar-refractivity contribution in [1.29, 1.82) is 5.41 Å². The van der Waals surface area contributed by atoms with E-state index in [1.807, 2.05) is 41.0 Å². The quantitative estimate of drug-likeness (QED) is 0.127. The minimum Gasteiger partial charge on any atom is -0.384 e. The van der Waals surface area contributed by atoms with E-state index in [1.165, 1.54) is 23.4 Å². The van der Waals surface area contributed by atoms with E-state index in [2.05, 4.69) is 55.8 Å². The van der Waals surface area contributed by atoms with E-state index in [4.69, 9.17) is 11.1 Å². The first-order valence-corrected chi connectivity index (χ1v) is 13.2. The van der Waals surface area contributed by atoms with Gasteiger partial charge >= 0.3 is 0 Å². The predicted octanol–water partition coefficient (Wildman–Crippen LogP) is 5.81. The Balaban J connectivity index is 1.34. The van der Waals surface area contributed by atoms with E-state index in [0.29, 0.717) is 34.2 Å². The van der Waals surface area contributed by atoms with Crippen LogP contribution in [0.25, 0.3) is 10.9 Å². The van der Waals surface area contributed by atoms with Crippen molar-refractivity contribution in [3.63, 3.8) is 0 Å². The molecule has 1 heterocycles. The molecule has 0 atom stereocenters. The number of hydrogen-bond acceptors (Lipinski definition) is 2. The molecular formula is C33H33FN5O+. The normalized spacial score (nSPS) is 11.5. The van der Waals surface area contributed by atoms with Gasteiger partial charge in [-0.1, -0.05) is 60.7 Å². The molecule has 0 unspecified atom stereocenters. The molecule has 7 heteroatoms. The third-order valence-electron chi connectivity index (χ3n) is 7.18. The van der Waals surface area contributed by atoms with Crippen LogP contribution in [-0.2, 0) is 19.6 Å². The highest BCUT2D eigenvalue weighted by Gasteiger charge is 2.20. The van der Waals surface area contributed by atoms with E-state index in [-0.39, 0.29) is 17.6 Å². The van der Waals surface area contributed by atoms with Crippen LogP contribution in [-0.4, -0.2) is 30.4 Å². The van der Waals surface area contributed by atoms with E-state index in [9.17, 15) is 9.18 Å². The van der Waals surface area contributed by atoms with Crippen LogP contribution < -0.4 is 15.5 Å². The number of carbonyl (C=O) groups excluding carboxylic acids is 1. The van der Waals surface area contributed by atoms with Crippen LogP contribution in [0.5, 0.6) is 0 Å². The lowest BCUT2D eigenvalue weighted by atomic mass is 10.1. The molecule has 1 aromatic heterocycles. The van der Waals surface area contributed by atoms with Crippen molar-refractivity contribution in [2.75, 3.05) is 14.1 Å². The van der Waals surface area contributed by atoms with Crippen LogP contribution in [0.3, 0.4) is 0 Å². The number of fused-ring (bicyclic) bond motifs is 1. The third-order valence-corrected chi connectivity index (χ3v) is 7.18. The van der Waals surface area contributed by atoms with E-state index in [0.717, 1.165) is 23.2 Å². The van der Waals surface area contributed by atoms with Gasteiger partial charge in [0.05, 0.1) is 14.1 Å². The van der Waals surface area contributed by atoms with Crippen molar-refractivity contribution >= 4 is 28.3 Å². The standard InChI is InChI=1S/C33H32FN5O/c1-39(2,22-24-7-4-3-5-8-24)29-14-11-23(12-15-29)20-37-33(40)31-19-27-18-28(34)13-16-30(27)38(31)21-25-9-6-10-26(17-25)32(35)36/h3-19H,20-22H2,1-2H3,(H3-,35,36,37,40)/p+1. The number of aromatic nitrogens is 1. The molecule has 4 N–H and O–H groups in total. The van der Waals surface area contributed by atoms with E-state index < -0.39 is 0 Å². The van der Waals surface area contributed by atoms with Gasteiger partial charge in [0.15, 0.2) is 0 Å². The smallest absolute Gasteiger partial charge is 0.268 e. The molecule has 0 bridgehead atoms. The lowest BCUT2D eigenvalue weighted by Gasteiger charge is -2.29. The molecule has 5 rings (SSSR count). The van der Waals surface area contributed by atoms with Gasteiger partial charge in [-0.2, -0.15) is 0 Å². The number of rotatable bonds is 9. The van der Waals surface area contributed by atoms with Crippen LogP contribution >= 0.6 is 0 Å². The molecular weight excluding hydrogens is 501 g/mol. The third kappa shape index (κ3) is 5.95. The number of hydrogen-bond donors (Lipinski definition) is 3. The molecule has 5 aromatic rings. The average Bonchev–Trinajstić information content (AvgIpc) is 3.29. The van der Waals surface area contributed by atoms with Gasteiger partial charge in [0.25, 0.3) is 5.91 Å². The summed E-state index contributed by atoms with van der Waals surface area (Å²) in [6.45, 7) is 1.61. The van der Waals surface area contributed by atoms with Crippen LogP contribution in [0.15, 0.2) is 103 Å². The number of nitrogen functional groups attached to an aromatic ring is 1. The summed E-state index contributed by atoms with van der Waals surface area (Å²) < 4.78 is 16.6. The first kappa shape index (κ1) is 26.8. The van der Waals surface area contributed by atoms with Gasteiger partial charge in [-0.05, 0) is 53.6 Å². The second-order valence-corrected chi connectivity index (χ2v) is 10.6. The first-order valence-electron chi connectivity index (χ1n) is 13.2. The zero-order valence-electron chi connectivity index (χ0n) is 22.7. The number of nitrogens with two attached hydrogens (primary N) is 1. The maximum Gasteiger partial charge on any atom is 0.268 e. The molecule has 0 radical (unpaired) electrons. The Kier molecular flexibility index (Phi) is 7.49. The average molecular weight is 535 g/mol. The number of amides is 1. The number of nitrogens with one attached hydrogen (secondary N) is 2. The second-order valence-electron chi connectivity index (χ2n) is 10.6. The molecule has 0 aliphatic carbocycles. The van der Waals surface area contributed by atoms with Crippen LogP contribution in [0.1, 0.15) is 32.7 Å². The Hall–Kier alpha value is -4.75. The topological polar surface area (TPSA) is 83.9 Å². The van der Waals surface area contributed by atoms with Gasteiger partial charge in [0.1, 0.15) is 29.6 Å². The number of carbonyl (C=O) groups is 1. The van der Waals surface area contributed by atoms with Gasteiger partial charge < -0.3 is 15.6 Å². The zero-order valence-corrected chi connectivity index (χ0v) is 22.7. The van der Waals surface area contributed by atoms with Gasteiger partial charge in [0, 0.05) is 35.1 Å². The van der Waals surface area contributed by atoms with E-state index >= 15 is 0 Å². The summed E-state index contributed by atoms with van der Waals surface area (Å²) in [5.41, 5.74) is 11.8. The largest absolute Gasteiger partial charge is 0.384 e. The molecule has 0 aliphatic heterocycles. The van der Waals surface area contributed by atoms with Gasteiger partial charge in [-0.3, -0.25) is 14.7 Å². The number of nitrogens with zero attached hydrogens (tertiary/aromatic N) is 2. The molecule has 0 saturated carbocycles. The molecule has 6 nitrogen and oxygen atoms in total. The maximum atomic E-state index is 14.0. The summed E-state index contributed by atoms with van der Waals surface area (Å²) in [7, 11) is 4.36. The number of halogens is 1. The Morgan fingerprint density at radius 1 is 0.875 bits per heavy atom. The number of quaternary nitrogens is 1. The highest BCUT2D eigenvalue weighted by molar-refractivity contribution is 5.99. The first-order chi connectivity index (χ1) is 19.2. The lowest BCUT2D eigenvalue weighted by Crippen LogP contribution is -2.39. The lowest BCUT2D eigenvalue weighted by molar-refractivity contribution is 0.0942. The Labute approximate surface area is 233 Å². The van der Waals surface area contributed by atoms with E-state index in [1.54, 1.807) is 18.2 Å². The fourth-order valence-corrected chi connectivity index (χ4v) is 5.04. The minimum atomic E-state index is -0.358. The molecule has 1 amide bonds. The number of amidine groups is 1. The molecule has 4 aromatic carbocycles. The highest BCUT2D eigenvalue weighted by atomic mass is 19.1. The number of benzene rings is 4. The van der Waals surface area contributed by atoms with Gasteiger partial charge in [-0.25, -0.2) is 4.39 Å². The monoisotopic (exact) mass is 534 g/mol. The molecule has 202 valence electrons. The summed E-state index contributed by atoms with van der Waals surface area (Å²) in [6.07, 6.45) is 0. The Morgan fingerprint density at radius 3 is 2.33 bits per heavy atom. The molecule has 0 saturated heterocycles. The maximum absolute atomic E-state index is 14.0. The molecule has 0 fully saturated rings. The molecule has 40 heavy (non-hydrogen) atoms. The summed E-state index contributed by atoms with van der Waals surface area (Å²) >= 11 is 0. The second kappa shape index (κ2) is 11.2. The van der Waals surface area contributed by atoms with Crippen LogP contribution in [0, 0.1) is 11.2 Å². The van der Waals surface area contributed by atoms with Gasteiger partial charge in [-0.15, -0.1) is 0 Å².